The molecule has 1 aliphatic rings. The fraction of sp³-hybridized carbons (Fsp3) is 0.250. The van der Waals surface area contributed by atoms with E-state index in [1.807, 2.05) is 0 Å². The molecule has 0 amide bonds. The minimum atomic E-state index is 0.227. The summed E-state index contributed by atoms with van der Waals surface area (Å²) in [5.41, 5.74) is 10.3. The zero-order valence-electron chi connectivity index (χ0n) is 8.36. The van der Waals surface area contributed by atoms with Gasteiger partial charge in [-0.2, -0.15) is 4.98 Å². The normalized spacial score (nSPS) is 14.1. The summed E-state index contributed by atoms with van der Waals surface area (Å²) in [5.74, 6) is 0. The number of oxazole rings is 1. The van der Waals surface area contributed by atoms with Gasteiger partial charge in [-0.1, -0.05) is 12.1 Å². The number of rotatable bonds is 1. The van der Waals surface area contributed by atoms with Crippen LogP contribution in [0.3, 0.4) is 0 Å². The average molecular weight is 200 g/mol. The van der Waals surface area contributed by atoms with Gasteiger partial charge in [-0.25, -0.2) is 0 Å². The molecule has 1 aromatic carbocycles. The summed E-state index contributed by atoms with van der Waals surface area (Å²) >= 11 is 0. The molecule has 15 heavy (non-hydrogen) atoms. The second-order valence-electron chi connectivity index (χ2n) is 3.91. The van der Waals surface area contributed by atoms with Crippen molar-refractivity contribution in [3.63, 3.8) is 0 Å². The van der Waals surface area contributed by atoms with E-state index in [1.54, 1.807) is 6.26 Å². The highest BCUT2D eigenvalue weighted by Gasteiger charge is 2.12. The van der Waals surface area contributed by atoms with Gasteiger partial charge in [-0.15, -0.1) is 0 Å². The van der Waals surface area contributed by atoms with Crippen LogP contribution in [-0.2, 0) is 12.8 Å². The number of fused-ring (bicyclic) bond motifs is 1. The van der Waals surface area contributed by atoms with Gasteiger partial charge in [0.25, 0.3) is 6.01 Å². The van der Waals surface area contributed by atoms with E-state index in [0.717, 1.165) is 11.3 Å². The molecule has 0 saturated heterocycles. The van der Waals surface area contributed by atoms with E-state index in [9.17, 15) is 0 Å². The Hall–Kier alpha value is -1.77. The van der Waals surface area contributed by atoms with Gasteiger partial charge < -0.3 is 10.2 Å². The lowest BCUT2D eigenvalue weighted by Crippen LogP contribution is -1.86. The van der Waals surface area contributed by atoms with Crippen LogP contribution >= 0.6 is 0 Å². The van der Waals surface area contributed by atoms with Crippen LogP contribution in [-0.4, -0.2) is 4.98 Å². The lowest BCUT2D eigenvalue weighted by Gasteiger charge is -2.01. The maximum absolute atomic E-state index is 5.45. The fourth-order valence-electron chi connectivity index (χ4n) is 2.15. The molecule has 76 valence electrons. The zero-order valence-corrected chi connectivity index (χ0v) is 8.36. The van der Waals surface area contributed by atoms with E-state index < -0.39 is 0 Å². The zero-order chi connectivity index (χ0) is 10.3. The van der Waals surface area contributed by atoms with Gasteiger partial charge in [0.15, 0.2) is 0 Å². The summed E-state index contributed by atoms with van der Waals surface area (Å²) in [5, 5.41) is 0. The third-order valence-electron chi connectivity index (χ3n) is 2.92. The lowest BCUT2D eigenvalue weighted by atomic mass is 10.1. The van der Waals surface area contributed by atoms with Gasteiger partial charge in [0, 0.05) is 5.56 Å². The first-order chi connectivity index (χ1) is 7.33. The third kappa shape index (κ3) is 1.40. The van der Waals surface area contributed by atoms with Crippen molar-refractivity contribution in [2.75, 3.05) is 5.73 Å². The van der Waals surface area contributed by atoms with Crippen molar-refractivity contribution in [3.8, 4) is 11.3 Å². The summed E-state index contributed by atoms with van der Waals surface area (Å²) in [7, 11) is 0. The summed E-state index contributed by atoms with van der Waals surface area (Å²) < 4.78 is 5.00. The molecule has 3 heteroatoms. The van der Waals surface area contributed by atoms with E-state index in [2.05, 4.69) is 23.2 Å². The van der Waals surface area contributed by atoms with Gasteiger partial charge >= 0.3 is 0 Å². The second-order valence-corrected chi connectivity index (χ2v) is 3.91. The van der Waals surface area contributed by atoms with Crippen LogP contribution in [0, 0.1) is 0 Å². The number of aryl methyl sites for hydroxylation is 2. The fourth-order valence-corrected chi connectivity index (χ4v) is 2.15. The molecular weight excluding hydrogens is 188 g/mol. The quantitative estimate of drug-likeness (QED) is 0.769. The number of anilines is 1. The minimum absolute atomic E-state index is 0.227. The molecule has 1 aliphatic carbocycles. The molecule has 3 nitrogen and oxygen atoms in total. The highest BCUT2D eigenvalue weighted by Crippen LogP contribution is 2.27. The number of benzene rings is 1. The van der Waals surface area contributed by atoms with Crippen molar-refractivity contribution in [3.05, 3.63) is 35.6 Å². The molecule has 0 fully saturated rings. The van der Waals surface area contributed by atoms with Crippen molar-refractivity contribution < 1.29 is 4.42 Å². The Morgan fingerprint density at radius 2 is 2.07 bits per heavy atom. The molecule has 0 saturated carbocycles. The summed E-state index contributed by atoms with van der Waals surface area (Å²) in [6.45, 7) is 0. The van der Waals surface area contributed by atoms with Gasteiger partial charge in [0.2, 0.25) is 0 Å². The van der Waals surface area contributed by atoms with Crippen LogP contribution in [0.15, 0.2) is 28.9 Å². The van der Waals surface area contributed by atoms with Gasteiger partial charge in [-0.3, -0.25) is 0 Å². The largest absolute Gasteiger partial charge is 0.432 e. The first kappa shape index (κ1) is 8.53. The van der Waals surface area contributed by atoms with Crippen molar-refractivity contribution >= 4 is 6.01 Å². The Labute approximate surface area is 87.9 Å². The molecule has 0 aliphatic heterocycles. The summed E-state index contributed by atoms with van der Waals surface area (Å²) in [6.07, 6.45) is 5.25. The molecule has 2 aromatic rings. The Morgan fingerprint density at radius 3 is 2.87 bits per heavy atom. The van der Waals surface area contributed by atoms with Gasteiger partial charge in [0.05, 0.1) is 0 Å². The topological polar surface area (TPSA) is 52.0 Å². The number of aromatic nitrogens is 1. The van der Waals surface area contributed by atoms with Crippen LogP contribution in [0.5, 0.6) is 0 Å². The minimum Gasteiger partial charge on any atom is -0.432 e. The van der Waals surface area contributed by atoms with E-state index in [-0.39, 0.29) is 6.01 Å². The van der Waals surface area contributed by atoms with Gasteiger partial charge in [-0.05, 0) is 36.5 Å². The van der Waals surface area contributed by atoms with E-state index in [1.165, 1.54) is 30.4 Å². The summed E-state index contributed by atoms with van der Waals surface area (Å²) in [6, 6.07) is 6.69. The number of hydrogen-bond acceptors (Lipinski definition) is 3. The summed E-state index contributed by atoms with van der Waals surface area (Å²) in [4.78, 5) is 4.12. The average Bonchev–Trinajstić information content (AvgIpc) is 2.84. The molecule has 1 heterocycles. The molecular formula is C12H12N2O. The molecule has 2 N–H and O–H groups in total. The van der Waals surface area contributed by atoms with Crippen molar-refractivity contribution in [1.82, 2.24) is 4.98 Å². The van der Waals surface area contributed by atoms with Crippen LogP contribution in [0.25, 0.3) is 11.3 Å². The highest BCUT2D eigenvalue weighted by molar-refractivity contribution is 5.61. The molecule has 0 spiro atoms. The molecule has 0 atom stereocenters. The molecule has 0 unspecified atom stereocenters. The lowest BCUT2D eigenvalue weighted by molar-refractivity contribution is 0.581. The van der Waals surface area contributed by atoms with E-state index in [4.69, 9.17) is 10.2 Å². The maximum Gasteiger partial charge on any atom is 0.292 e. The van der Waals surface area contributed by atoms with Crippen LogP contribution in [0.2, 0.25) is 0 Å². The molecule has 0 radical (unpaired) electrons. The van der Waals surface area contributed by atoms with Crippen LogP contribution in [0.1, 0.15) is 17.5 Å². The van der Waals surface area contributed by atoms with E-state index in [0.29, 0.717) is 0 Å². The Kier molecular flexibility index (Phi) is 1.78. The number of nitrogens with two attached hydrogens (primary N) is 1. The predicted octanol–water partition coefficient (Wildman–Crippen LogP) is 2.41. The first-order valence-corrected chi connectivity index (χ1v) is 5.16. The highest BCUT2D eigenvalue weighted by atomic mass is 16.4. The molecule has 1 aromatic heterocycles. The SMILES string of the molecule is Nc1nc(-c2ccc3c(c2)CCC3)co1. The smallest absolute Gasteiger partial charge is 0.292 e. The van der Waals surface area contributed by atoms with Crippen molar-refractivity contribution in [2.45, 2.75) is 19.3 Å². The van der Waals surface area contributed by atoms with Crippen molar-refractivity contribution in [2.24, 2.45) is 0 Å². The monoisotopic (exact) mass is 200 g/mol. The Bertz CT molecular complexity index is 502. The second kappa shape index (κ2) is 3.12. The van der Waals surface area contributed by atoms with Gasteiger partial charge in [0.1, 0.15) is 12.0 Å². The predicted molar refractivity (Wildman–Crippen MR) is 58.4 cm³/mol. The third-order valence-corrected chi connectivity index (χ3v) is 2.92. The molecule has 3 rings (SSSR count). The van der Waals surface area contributed by atoms with Crippen LogP contribution in [0.4, 0.5) is 6.01 Å². The number of nitrogens with zero attached hydrogens (tertiary/aromatic N) is 1. The maximum atomic E-state index is 5.45. The first-order valence-electron chi connectivity index (χ1n) is 5.16. The van der Waals surface area contributed by atoms with Crippen LogP contribution < -0.4 is 5.73 Å². The number of hydrogen-bond donors (Lipinski definition) is 1. The standard InChI is InChI=1S/C12H12N2O/c13-12-14-11(7-15-12)10-5-4-8-2-1-3-9(8)6-10/h4-7H,1-3H2,(H2,13,14). The number of nitrogen functional groups attached to an aromatic ring is 1. The van der Waals surface area contributed by atoms with E-state index >= 15 is 0 Å². The van der Waals surface area contributed by atoms with Crippen molar-refractivity contribution in [1.29, 1.82) is 0 Å². The Morgan fingerprint density at radius 1 is 1.20 bits per heavy atom. The Balaban J connectivity index is 2.06. The molecule has 0 bridgehead atoms.